The molecular weight excluding hydrogens is 254 g/mol. The first-order valence-corrected chi connectivity index (χ1v) is 4.62. The molecule has 1 aromatic heterocycles. The minimum Gasteiger partial charge on any atom is -0.237 e. The predicted octanol–water partition coefficient (Wildman–Crippen LogP) is 2.91. The summed E-state index contributed by atoms with van der Waals surface area (Å²) in [6.07, 6.45) is 3.06. The molecule has 2 aromatic rings. The van der Waals surface area contributed by atoms with Crippen molar-refractivity contribution in [3.8, 4) is 5.69 Å². The Kier molecular flexibility index (Phi) is 2.33. The van der Waals surface area contributed by atoms with Gasteiger partial charge in [-0.1, -0.05) is 0 Å². The van der Waals surface area contributed by atoms with Gasteiger partial charge in [0.1, 0.15) is 17.3 Å². The highest BCUT2D eigenvalue weighted by atomic mass is 79.9. The van der Waals surface area contributed by atoms with E-state index >= 15 is 0 Å². The predicted molar refractivity (Wildman–Crippen MR) is 51.2 cm³/mol. The molecule has 2 rings (SSSR count). The minimum atomic E-state index is -0.512. The van der Waals surface area contributed by atoms with E-state index in [1.807, 2.05) is 0 Å². The second-order valence-electron chi connectivity index (χ2n) is 2.70. The fourth-order valence-electron chi connectivity index (χ4n) is 1.09. The van der Waals surface area contributed by atoms with Gasteiger partial charge in [-0.2, -0.15) is 5.10 Å². The first kappa shape index (κ1) is 9.33. The van der Waals surface area contributed by atoms with Crippen molar-refractivity contribution in [2.75, 3.05) is 0 Å². The topological polar surface area (TPSA) is 17.8 Å². The van der Waals surface area contributed by atoms with Gasteiger partial charge in [-0.3, -0.25) is 0 Å². The highest BCUT2D eigenvalue weighted by Crippen LogP contribution is 2.16. The molecule has 2 nitrogen and oxygen atoms in total. The van der Waals surface area contributed by atoms with Crippen LogP contribution < -0.4 is 0 Å². The molecule has 0 unspecified atom stereocenters. The van der Waals surface area contributed by atoms with E-state index in [0.717, 1.165) is 18.2 Å². The van der Waals surface area contributed by atoms with E-state index in [-0.39, 0.29) is 5.69 Å². The summed E-state index contributed by atoms with van der Waals surface area (Å²) in [6, 6.07) is 3.23. The zero-order valence-electron chi connectivity index (χ0n) is 6.92. The van der Waals surface area contributed by atoms with Gasteiger partial charge >= 0.3 is 0 Å². The van der Waals surface area contributed by atoms with Gasteiger partial charge in [0, 0.05) is 12.3 Å². The van der Waals surface area contributed by atoms with E-state index < -0.39 is 11.6 Å². The quantitative estimate of drug-likeness (QED) is 0.769. The molecule has 1 heterocycles. The van der Waals surface area contributed by atoms with Crippen LogP contribution in [0.1, 0.15) is 0 Å². The number of hydrogen-bond donors (Lipinski definition) is 0. The van der Waals surface area contributed by atoms with Gasteiger partial charge in [-0.15, -0.1) is 0 Å². The second-order valence-corrected chi connectivity index (χ2v) is 3.61. The maximum Gasteiger partial charge on any atom is 0.149 e. The lowest BCUT2D eigenvalue weighted by molar-refractivity contribution is 0.587. The Balaban J connectivity index is 2.55. The molecule has 0 aliphatic carbocycles. The molecule has 14 heavy (non-hydrogen) atoms. The summed E-state index contributed by atoms with van der Waals surface area (Å²) in [4.78, 5) is 0. The lowest BCUT2D eigenvalue weighted by Crippen LogP contribution is -1.98. The van der Waals surface area contributed by atoms with Crippen molar-refractivity contribution in [2.24, 2.45) is 0 Å². The highest BCUT2D eigenvalue weighted by molar-refractivity contribution is 9.10. The third kappa shape index (κ3) is 1.68. The van der Waals surface area contributed by atoms with Crippen LogP contribution in [0.25, 0.3) is 5.69 Å². The highest BCUT2D eigenvalue weighted by Gasteiger charge is 2.06. The SMILES string of the molecule is Fc1ccc(F)c(-n2cc(Br)cn2)c1. The molecule has 72 valence electrons. The Bertz CT molecular complexity index is 468. The summed E-state index contributed by atoms with van der Waals surface area (Å²) in [6.45, 7) is 0. The van der Waals surface area contributed by atoms with Crippen LogP contribution in [0.2, 0.25) is 0 Å². The van der Waals surface area contributed by atoms with E-state index in [0.29, 0.717) is 4.47 Å². The molecule has 0 bridgehead atoms. The van der Waals surface area contributed by atoms with Crippen LogP contribution in [0, 0.1) is 11.6 Å². The van der Waals surface area contributed by atoms with E-state index in [4.69, 9.17) is 0 Å². The first-order chi connectivity index (χ1) is 6.66. The van der Waals surface area contributed by atoms with Crippen LogP contribution in [0.3, 0.4) is 0 Å². The molecular formula is C9H5BrF2N2. The van der Waals surface area contributed by atoms with E-state index in [2.05, 4.69) is 21.0 Å². The molecule has 0 aliphatic heterocycles. The van der Waals surface area contributed by atoms with Crippen molar-refractivity contribution < 1.29 is 8.78 Å². The first-order valence-electron chi connectivity index (χ1n) is 3.82. The number of benzene rings is 1. The third-order valence-electron chi connectivity index (χ3n) is 1.71. The Hall–Kier alpha value is -1.23. The molecule has 0 saturated heterocycles. The van der Waals surface area contributed by atoms with Gasteiger partial charge < -0.3 is 0 Å². The standard InChI is InChI=1S/C9H5BrF2N2/c10-6-4-13-14(5-6)9-3-7(11)1-2-8(9)12/h1-5H. The summed E-state index contributed by atoms with van der Waals surface area (Å²) < 4.78 is 28.0. The minimum absolute atomic E-state index is 0.0932. The van der Waals surface area contributed by atoms with Gasteiger partial charge in [-0.05, 0) is 28.1 Å². The number of halogens is 3. The average Bonchev–Trinajstić information content (AvgIpc) is 2.56. The fraction of sp³-hybridized carbons (Fsp3) is 0. The Labute approximate surface area is 87.3 Å². The third-order valence-corrected chi connectivity index (χ3v) is 2.12. The van der Waals surface area contributed by atoms with Crippen LogP contribution in [-0.2, 0) is 0 Å². The van der Waals surface area contributed by atoms with Crippen LogP contribution in [0.15, 0.2) is 35.1 Å². The molecule has 5 heteroatoms. The summed E-state index contributed by atoms with van der Waals surface area (Å²) >= 11 is 3.17. The Morgan fingerprint density at radius 2 is 2.07 bits per heavy atom. The number of rotatable bonds is 1. The molecule has 0 fully saturated rings. The molecule has 1 aromatic carbocycles. The fourth-order valence-corrected chi connectivity index (χ4v) is 1.38. The van der Waals surface area contributed by atoms with Crippen molar-refractivity contribution in [3.05, 3.63) is 46.7 Å². The molecule has 0 spiro atoms. The maximum absolute atomic E-state index is 13.2. The van der Waals surface area contributed by atoms with Gasteiger partial charge in [0.05, 0.1) is 10.7 Å². The van der Waals surface area contributed by atoms with Crippen molar-refractivity contribution >= 4 is 15.9 Å². The normalized spacial score (nSPS) is 10.5. The zero-order chi connectivity index (χ0) is 10.1. The smallest absolute Gasteiger partial charge is 0.149 e. The lowest BCUT2D eigenvalue weighted by atomic mass is 10.3. The van der Waals surface area contributed by atoms with Gasteiger partial charge in [0.15, 0.2) is 0 Å². The van der Waals surface area contributed by atoms with Gasteiger partial charge in [0.25, 0.3) is 0 Å². The van der Waals surface area contributed by atoms with Crippen molar-refractivity contribution in [3.63, 3.8) is 0 Å². The Morgan fingerprint density at radius 3 is 2.71 bits per heavy atom. The van der Waals surface area contributed by atoms with Crippen molar-refractivity contribution in [1.29, 1.82) is 0 Å². The number of aromatic nitrogens is 2. The monoisotopic (exact) mass is 258 g/mol. The molecule has 0 N–H and O–H groups in total. The lowest BCUT2D eigenvalue weighted by Gasteiger charge is -2.02. The largest absolute Gasteiger partial charge is 0.237 e. The van der Waals surface area contributed by atoms with E-state index in [9.17, 15) is 8.78 Å². The van der Waals surface area contributed by atoms with Crippen molar-refractivity contribution in [1.82, 2.24) is 9.78 Å². The summed E-state index contributed by atoms with van der Waals surface area (Å²) in [5.41, 5.74) is 0.0932. The van der Waals surface area contributed by atoms with Crippen molar-refractivity contribution in [2.45, 2.75) is 0 Å². The number of nitrogens with zero attached hydrogens (tertiary/aromatic N) is 2. The van der Waals surface area contributed by atoms with Gasteiger partial charge in [0.2, 0.25) is 0 Å². The molecule has 0 amide bonds. The Morgan fingerprint density at radius 1 is 1.29 bits per heavy atom. The molecule has 0 saturated carbocycles. The second kappa shape index (κ2) is 3.49. The van der Waals surface area contributed by atoms with Crippen LogP contribution >= 0.6 is 15.9 Å². The van der Waals surface area contributed by atoms with Crippen LogP contribution in [0.4, 0.5) is 8.78 Å². The zero-order valence-corrected chi connectivity index (χ0v) is 8.50. The maximum atomic E-state index is 13.2. The molecule has 0 radical (unpaired) electrons. The summed E-state index contributed by atoms with van der Waals surface area (Å²) in [7, 11) is 0. The van der Waals surface area contributed by atoms with Gasteiger partial charge in [-0.25, -0.2) is 13.5 Å². The van der Waals surface area contributed by atoms with E-state index in [1.54, 1.807) is 6.20 Å². The molecule has 0 atom stereocenters. The number of hydrogen-bond acceptors (Lipinski definition) is 1. The van der Waals surface area contributed by atoms with Crippen LogP contribution in [-0.4, -0.2) is 9.78 Å². The average molecular weight is 259 g/mol. The summed E-state index contributed by atoms with van der Waals surface area (Å²) in [5, 5.41) is 3.85. The molecule has 0 aliphatic rings. The van der Waals surface area contributed by atoms with E-state index in [1.165, 1.54) is 10.9 Å². The summed E-state index contributed by atoms with van der Waals surface area (Å²) in [5.74, 6) is -1.00. The van der Waals surface area contributed by atoms with Crippen LogP contribution in [0.5, 0.6) is 0 Å².